The van der Waals surface area contributed by atoms with Crippen LogP contribution in [0.15, 0.2) is 24.3 Å². The molecule has 2 rings (SSSR count). The number of nitrogens with two attached hydrogens (primary N) is 1. The first-order chi connectivity index (χ1) is 10.8. The first-order valence-corrected chi connectivity index (χ1v) is 7.56. The van der Waals surface area contributed by atoms with Gasteiger partial charge in [-0.15, -0.1) is 0 Å². The van der Waals surface area contributed by atoms with E-state index in [9.17, 15) is 18.0 Å². The monoisotopic (exact) mass is 330 g/mol. The number of piperidine rings is 1. The van der Waals surface area contributed by atoms with Crippen molar-refractivity contribution in [3.05, 3.63) is 29.8 Å². The van der Waals surface area contributed by atoms with Crippen LogP contribution in [0.1, 0.15) is 24.8 Å². The van der Waals surface area contributed by atoms with Crippen LogP contribution in [0.2, 0.25) is 0 Å². The van der Waals surface area contributed by atoms with E-state index < -0.39 is 24.2 Å². The predicted molar refractivity (Wildman–Crippen MR) is 80.1 cm³/mol. The number of halogens is 3. The lowest BCUT2D eigenvalue weighted by molar-refractivity contribution is -0.196. The molecule has 0 unspecified atom stereocenters. The summed E-state index contributed by atoms with van der Waals surface area (Å²) in [6.07, 6.45) is -3.83. The fourth-order valence-corrected chi connectivity index (χ4v) is 2.80. The van der Waals surface area contributed by atoms with Crippen LogP contribution in [0.25, 0.3) is 0 Å². The molecule has 0 bridgehead atoms. The number of benzene rings is 1. The van der Waals surface area contributed by atoms with Gasteiger partial charge in [0.15, 0.2) is 0 Å². The molecule has 7 heteroatoms. The number of nitrogens with zero attached hydrogens (tertiary/aromatic N) is 1. The number of hydrogen-bond donors (Lipinski definition) is 1. The molecule has 2 atom stereocenters. The zero-order valence-corrected chi connectivity index (χ0v) is 13.0. The minimum absolute atomic E-state index is 0.0334. The molecule has 1 saturated heterocycles. The number of likely N-dealkylation sites (tertiary alicyclic amines) is 1. The number of ether oxygens (including phenoxy) is 1. The summed E-state index contributed by atoms with van der Waals surface area (Å²) >= 11 is 0. The van der Waals surface area contributed by atoms with Gasteiger partial charge >= 0.3 is 6.18 Å². The number of hydrogen-bond acceptors (Lipinski definition) is 3. The number of amides is 1. The summed E-state index contributed by atoms with van der Waals surface area (Å²) in [6, 6.07) is 5.01. The van der Waals surface area contributed by atoms with Gasteiger partial charge in [-0.2, -0.15) is 13.2 Å². The van der Waals surface area contributed by atoms with Crippen LogP contribution in [-0.2, 0) is 11.2 Å². The van der Waals surface area contributed by atoms with Gasteiger partial charge in [0, 0.05) is 19.0 Å². The fourth-order valence-electron chi connectivity index (χ4n) is 2.80. The highest BCUT2D eigenvalue weighted by Crippen LogP contribution is 2.32. The maximum atomic E-state index is 13.1. The number of carbonyl (C=O) groups excluding carboxylic acids is 1. The highest BCUT2D eigenvalue weighted by molar-refractivity contribution is 5.77. The third kappa shape index (κ3) is 4.60. The van der Waals surface area contributed by atoms with Gasteiger partial charge in [0.25, 0.3) is 0 Å². The van der Waals surface area contributed by atoms with E-state index in [1.165, 1.54) is 0 Å². The van der Waals surface area contributed by atoms with E-state index in [4.69, 9.17) is 10.5 Å². The Morgan fingerprint density at radius 3 is 2.52 bits per heavy atom. The molecule has 1 fully saturated rings. The van der Waals surface area contributed by atoms with E-state index >= 15 is 0 Å². The first kappa shape index (κ1) is 17.6. The summed E-state index contributed by atoms with van der Waals surface area (Å²) in [5, 5.41) is 0. The minimum atomic E-state index is -4.41. The van der Waals surface area contributed by atoms with E-state index in [2.05, 4.69) is 0 Å². The Hall–Kier alpha value is -1.76. The molecular formula is C16H21F3N2O2. The van der Waals surface area contributed by atoms with Gasteiger partial charge in [-0.3, -0.25) is 4.79 Å². The van der Waals surface area contributed by atoms with Crippen molar-refractivity contribution < 1.29 is 22.7 Å². The molecule has 1 amide bonds. The van der Waals surface area contributed by atoms with Crippen LogP contribution in [0.5, 0.6) is 5.75 Å². The van der Waals surface area contributed by atoms with E-state index in [1.807, 2.05) is 0 Å². The third-order valence-corrected chi connectivity index (χ3v) is 4.10. The Morgan fingerprint density at radius 2 is 1.96 bits per heavy atom. The smallest absolute Gasteiger partial charge is 0.408 e. The van der Waals surface area contributed by atoms with Gasteiger partial charge in [-0.05, 0) is 37.0 Å². The van der Waals surface area contributed by atoms with E-state index in [0.717, 1.165) is 10.5 Å². The second-order valence-corrected chi connectivity index (χ2v) is 5.79. The molecule has 0 radical (unpaired) electrons. The summed E-state index contributed by atoms with van der Waals surface area (Å²) in [6.45, 7) is -0.0361. The largest absolute Gasteiger partial charge is 0.497 e. The standard InChI is InChI=1S/C16H21F3N2O2/c1-23-13-6-2-11(3-7-13)4-9-15(22)21-10-12(20)5-8-14(21)16(17,18)19/h2-3,6-7,12,14H,4-5,8-10,20H2,1H3/t12-,14+/m0/s1. The van der Waals surface area contributed by atoms with Gasteiger partial charge in [0.2, 0.25) is 5.91 Å². The Balaban J connectivity index is 1.99. The van der Waals surface area contributed by atoms with Crippen molar-refractivity contribution in [3.8, 4) is 5.75 Å². The van der Waals surface area contributed by atoms with Gasteiger partial charge in [0.1, 0.15) is 11.8 Å². The Bertz CT molecular complexity index is 531. The minimum Gasteiger partial charge on any atom is -0.497 e. The molecule has 1 aromatic rings. The van der Waals surface area contributed by atoms with E-state index in [0.29, 0.717) is 12.2 Å². The van der Waals surface area contributed by atoms with Gasteiger partial charge in [0.05, 0.1) is 7.11 Å². The zero-order chi connectivity index (χ0) is 17.0. The molecule has 1 aliphatic rings. The first-order valence-electron chi connectivity index (χ1n) is 7.56. The fraction of sp³-hybridized carbons (Fsp3) is 0.562. The molecule has 0 aromatic heterocycles. The lowest BCUT2D eigenvalue weighted by Crippen LogP contribution is -2.56. The third-order valence-electron chi connectivity index (χ3n) is 4.10. The van der Waals surface area contributed by atoms with Crippen molar-refractivity contribution in [2.24, 2.45) is 5.73 Å². The maximum absolute atomic E-state index is 13.1. The van der Waals surface area contributed by atoms with Crippen LogP contribution in [0.3, 0.4) is 0 Å². The number of aryl methyl sites for hydroxylation is 1. The van der Waals surface area contributed by atoms with Crippen LogP contribution in [0.4, 0.5) is 13.2 Å². The number of rotatable bonds is 4. The summed E-state index contributed by atoms with van der Waals surface area (Å²) in [4.78, 5) is 13.1. The van der Waals surface area contributed by atoms with Crippen molar-refractivity contribution in [1.29, 1.82) is 0 Å². The van der Waals surface area contributed by atoms with Crippen LogP contribution in [0, 0.1) is 0 Å². The summed E-state index contributed by atoms with van der Waals surface area (Å²) < 4.78 is 44.3. The quantitative estimate of drug-likeness (QED) is 0.923. The molecule has 23 heavy (non-hydrogen) atoms. The molecule has 0 spiro atoms. The van der Waals surface area contributed by atoms with Gasteiger partial charge in [-0.1, -0.05) is 12.1 Å². The average Bonchev–Trinajstić information content (AvgIpc) is 2.51. The van der Waals surface area contributed by atoms with Crippen molar-refractivity contribution in [3.63, 3.8) is 0 Å². The SMILES string of the molecule is COc1ccc(CCC(=O)N2C[C@@H](N)CC[C@@H]2C(F)(F)F)cc1. The van der Waals surface area contributed by atoms with Crippen molar-refractivity contribution >= 4 is 5.91 Å². The summed E-state index contributed by atoms with van der Waals surface area (Å²) in [7, 11) is 1.55. The maximum Gasteiger partial charge on any atom is 0.408 e. The second kappa shape index (κ2) is 7.21. The summed E-state index contributed by atoms with van der Waals surface area (Å²) in [5.74, 6) is 0.192. The Morgan fingerprint density at radius 1 is 1.30 bits per heavy atom. The van der Waals surface area contributed by atoms with Crippen molar-refractivity contribution in [1.82, 2.24) is 4.90 Å². The predicted octanol–water partition coefficient (Wildman–Crippen LogP) is 2.51. The summed E-state index contributed by atoms with van der Waals surface area (Å²) in [5.41, 5.74) is 6.61. The number of alkyl halides is 3. The zero-order valence-electron chi connectivity index (χ0n) is 13.0. The topological polar surface area (TPSA) is 55.6 Å². The molecular weight excluding hydrogens is 309 g/mol. The van der Waals surface area contributed by atoms with Crippen molar-refractivity contribution in [2.45, 2.75) is 43.9 Å². The molecule has 1 heterocycles. The van der Waals surface area contributed by atoms with E-state index in [1.54, 1.807) is 31.4 Å². The lowest BCUT2D eigenvalue weighted by atomic mass is 9.97. The highest BCUT2D eigenvalue weighted by atomic mass is 19.4. The van der Waals surface area contributed by atoms with Crippen LogP contribution < -0.4 is 10.5 Å². The molecule has 1 aliphatic heterocycles. The molecule has 0 aliphatic carbocycles. The van der Waals surface area contributed by atoms with Crippen molar-refractivity contribution in [2.75, 3.05) is 13.7 Å². The number of methoxy groups -OCH3 is 1. The second-order valence-electron chi connectivity index (χ2n) is 5.79. The van der Waals surface area contributed by atoms with Gasteiger partial charge in [-0.25, -0.2) is 0 Å². The molecule has 0 saturated carbocycles. The van der Waals surface area contributed by atoms with E-state index in [-0.39, 0.29) is 25.8 Å². The van der Waals surface area contributed by atoms with Crippen LogP contribution >= 0.6 is 0 Å². The number of carbonyl (C=O) groups is 1. The normalized spacial score (nSPS) is 22.0. The van der Waals surface area contributed by atoms with Gasteiger partial charge < -0.3 is 15.4 Å². The molecule has 4 nitrogen and oxygen atoms in total. The molecule has 2 N–H and O–H groups in total. The molecule has 128 valence electrons. The average molecular weight is 330 g/mol. The molecule has 1 aromatic carbocycles. The lowest BCUT2D eigenvalue weighted by Gasteiger charge is -2.39. The Kier molecular flexibility index (Phi) is 5.51. The Labute approximate surface area is 133 Å². The highest BCUT2D eigenvalue weighted by Gasteiger charge is 2.47. The van der Waals surface area contributed by atoms with Crippen LogP contribution in [-0.4, -0.2) is 42.7 Å².